The normalized spacial score (nSPS) is 29.9. The lowest BCUT2D eigenvalue weighted by atomic mass is 9.84. The van der Waals surface area contributed by atoms with Crippen LogP contribution in [0.1, 0.15) is 18.4 Å². The van der Waals surface area contributed by atoms with Gasteiger partial charge in [0.05, 0.1) is 26.2 Å². The van der Waals surface area contributed by atoms with Crippen molar-refractivity contribution in [3.05, 3.63) is 35.9 Å². The maximum atomic E-state index is 11.8. The van der Waals surface area contributed by atoms with Gasteiger partial charge in [0.25, 0.3) is 0 Å². The first kappa shape index (κ1) is 13.6. The van der Waals surface area contributed by atoms with Gasteiger partial charge in [0.2, 0.25) is 0 Å². The molecule has 2 saturated heterocycles. The Balaban J connectivity index is 1.72. The number of hydrogen-bond acceptors (Lipinski definition) is 4. The van der Waals surface area contributed by atoms with E-state index in [0.717, 1.165) is 32.6 Å². The van der Waals surface area contributed by atoms with Crippen molar-refractivity contribution < 1.29 is 14.3 Å². The van der Waals surface area contributed by atoms with E-state index in [1.54, 1.807) is 0 Å². The molecular formula is C16H21NO3. The Morgan fingerprint density at radius 2 is 1.90 bits per heavy atom. The molecule has 0 aliphatic carbocycles. The summed E-state index contributed by atoms with van der Waals surface area (Å²) in [5.41, 5.74) is 1.32. The van der Waals surface area contributed by atoms with Crippen molar-refractivity contribution in [1.82, 2.24) is 4.90 Å². The van der Waals surface area contributed by atoms with Crippen LogP contribution in [0.4, 0.5) is 0 Å². The van der Waals surface area contributed by atoms with E-state index in [4.69, 9.17) is 9.47 Å². The van der Waals surface area contributed by atoms with Gasteiger partial charge >= 0.3 is 5.97 Å². The number of carbonyl (C=O) groups is 1. The summed E-state index contributed by atoms with van der Waals surface area (Å²) in [6.07, 6.45) is 1.69. The van der Waals surface area contributed by atoms with Gasteiger partial charge < -0.3 is 9.47 Å². The molecule has 4 heteroatoms. The van der Waals surface area contributed by atoms with Crippen LogP contribution >= 0.6 is 0 Å². The number of hydrogen-bond donors (Lipinski definition) is 0. The third-order valence-electron chi connectivity index (χ3n) is 4.41. The van der Waals surface area contributed by atoms with Gasteiger partial charge in [-0.2, -0.15) is 0 Å². The Hall–Kier alpha value is -1.39. The zero-order chi connectivity index (χ0) is 13.9. The molecular weight excluding hydrogens is 254 g/mol. The van der Waals surface area contributed by atoms with E-state index in [1.165, 1.54) is 12.7 Å². The minimum atomic E-state index is -0.0683. The Morgan fingerprint density at radius 1 is 1.25 bits per heavy atom. The smallest absolute Gasteiger partial charge is 0.308 e. The molecule has 2 aliphatic heterocycles. The lowest BCUT2D eigenvalue weighted by Crippen LogP contribution is -2.57. The highest BCUT2D eigenvalue weighted by molar-refractivity contribution is 5.72. The zero-order valence-electron chi connectivity index (χ0n) is 11.8. The second-order valence-electron chi connectivity index (χ2n) is 5.69. The topological polar surface area (TPSA) is 38.8 Å². The van der Waals surface area contributed by atoms with Gasteiger partial charge in [0.1, 0.15) is 0 Å². The van der Waals surface area contributed by atoms with E-state index < -0.39 is 0 Å². The third kappa shape index (κ3) is 2.72. The highest BCUT2D eigenvalue weighted by atomic mass is 16.5. The molecule has 0 amide bonds. The Morgan fingerprint density at radius 3 is 2.50 bits per heavy atom. The standard InChI is InChI=1S/C16H21NO3/c1-19-16(18)13-7-14-10-20-11-15(8-13)17(14)9-12-5-3-2-4-6-12/h2-6,13-15H,7-11H2,1H3. The second kappa shape index (κ2) is 5.94. The average molecular weight is 275 g/mol. The summed E-state index contributed by atoms with van der Waals surface area (Å²) >= 11 is 0. The number of morpholine rings is 1. The molecule has 4 nitrogen and oxygen atoms in total. The van der Waals surface area contributed by atoms with E-state index >= 15 is 0 Å². The summed E-state index contributed by atoms with van der Waals surface area (Å²) < 4.78 is 10.6. The van der Waals surface area contributed by atoms with Gasteiger partial charge in [-0.3, -0.25) is 9.69 Å². The van der Waals surface area contributed by atoms with Gasteiger partial charge in [-0.15, -0.1) is 0 Å². The van der Waals surface area contributed by atoms with Gasteiger partial charge in [-0.25, -0.2) is 0 Å². The quantitative estimate of drug-likeness (QED) is 0.789. The molecule has 1 aromatic rings. The molecule has 2 bridgehead atoms. The number of methoxy groups -OCH3 is 1. The number of esters is 1. The van der Waals surface area contributed by atoms with E-state index in [2.05, 4.69) is 29.2 Å². The molecule has 2 aliphatic rings. The van der Waals surface area contributed by atoms with Crippen molar-refractivity contribution in [3.63, 3.8) is 0 Å². The summed E-state index contributed by atoms with van der Waals surface area (Å²) in [6, 6.07) is 11.1. The Kier molecular flexibility index (Phi) is 4.03. The van der Waals surface area contributed by atoms with Crippen LogP contribution in [0.15, 0.2) is 30.3 Å². The lowest BCUT2D eigenvalue weighted by Gasteiger charge is -2.47. The maximum absolute atomic E-state index is 11.8. The molecule has 2 fully saturated rings. The van der Waals surface area contributed by atoms with Crippen molar-refractivity contribution in [2.45, 2.75) is 31.5 Å². The van der Waals surface area contributed by atoms with Gasteiger partial charge in [0, 0.05) is 18.6 Å². The van der Waals surface area contributed by atoms with Gasteiger partial charge in [0.15, 0.2) is 0 Å². The molecule has 2 heterocycles. The van der Waals surface area contributed by atoms with Gasteiger partial charge in [-0.1, -0.05) is 30.3 Å². The molecule has 2 atom stereocenters. The van der Waals surface area contributed by atoms with Crippen molar-refractivity contribution >= 4 is 5.97 Å². The van der Waals surface area contributed by atoms with Crippen LogP contribution in [0.25, 0.3) is 0 Å². The fourth-order valence-electron chi connectivity index (χ4n) is 3.40. The molecule has 108 valence electrons. The predicted molar refractivity (Wildman–Crippen MR) is 75.1 cm³/mol. The number of nitrogens with zero attached hydrogens (tertiary/aromatic N) is 1. The first-order valence-corrected chi connectivity index (χ1v) is 7.23. The summed E-state index contributed by atoms with van der Waals surface area (Å²) in [5.74, 6) is -0.0350. The molecule has 0 N–H and O–H groups in total. The third-order valence-corrected chi connectivity index (χ3v) is 4.41. The number of rotatable bonds is 3. The zero-order valence-corrected chi connectivity index (χ0v) is 11.8. The predicted octanol–water partition coefficient (Wildman–Crippen LogP) is 1.84. The maximum Gasteiger partial charge on any atom is 0.308 e. The SMILES string of the molecule is COC(=O)C1CC2COCC(C1)N2Cc1ccccc1. The van der Waals surface area contributed by atoms with Crippen LogP contribution in [0, 0.1) is 5.92 Å². The van der Waals surface area contributed by atoms with Crippen LogP contribution in [0.3, 0.4) is 0 Å². The van der Waals surface area contributed by atoms with E-state index in [1.807, 2.05) is 6.07 Å². The minimum Gasteiger partial charge on any atom is -0.469 e. The molecule has 1 aromatic carbocycles. The van der Waals surface area contributed by atoms with Crippen LogP contribution in [-0.4, -0.2) is 43.3 Å². The number of benzene rings is 1. The van der Waals surface area contributed by atoms with Crippen LogP contribution in [0.5, 0.6) is 0 Å². The molecule has 0 aromatic heterocycles. The molecule has 0 radical (unpaired) electrons. The largest absolute Gasteiger partial charge is 0.469 e. The van der Waals surface area contributed by atoms with Crippen molar-refractivity contribution in [2.24, 2.45) is 5.92 Å². The average Bonchev–Trinajstić information content (AvgIpc) is 2.47. The van der Waals surface area contributed by atoms with Crippen LogP contribution < -0.4 is 0 Å². The molecule has 3 rings (SSSR count). The van der Waals surface area contributed by atoms with E-state index in [-0.39, 0.29) is 11.9 Å². The van der Waals surface area contributed by atoms with E-state index in [0.29, 0.717) is 12.1 Å². The summed E-state index contributed by atoms with van der Waals surface area (Å²) in [4.78, 5) is 14.3. The highest BCUT2D eigenvalue weighted by Crippen LogP contribution is 2.33. The van der Waals surface area contributed by atoms with E-state index in [9.17, 15) is 4.79 Å². The first-order chi connectivity index (χ1) is 9.78. The second-order valence-corrected chi connectivity index (χ2v) is 5.69. The molecule has 0 spiro atoms. The summed E-state index contributed by atoms with van der Waals surface area (Å²) in [5, 5.41) is 0. The van der Waals surface area contributed by atoms with Crippen LogP contribution in [0.2, 0.25) is 0 Å². The van der Waals surface area contributed by atoms with Crippen molar-refractivity contribution in [1.29, 1.82) is 0 Å². The molecule has 20 heavy (non-hydrogen) atoms. The number of fused-ring (bicyclic) bond motifs is 2. The monoisotopic (exact) mass is 275 g/mol. The lowest BCUT2D eigenvalue weighted by molar-refractivity contribution is -0.154. The highest BCUT2D eigenvalue weighted by Gasteiger charge is 2.41. The first-order valence-electron chi connectivity index (χ1n) is 7.23. The number of piperidine rings is 1. The molecule has 2 unspecified atom stereocenters. The number of ether oxygens (including phenoxy) is 2. The van der Waals surface area contributed by atoms with Gasteiger partial charge in [-0.05, 0) is 18.4 Å². The number of carbonyl (C=O) groups excluding carboxylic acids is 1. The Bertz CT molecular complexity index is 448. The van der Waals surface area contributed by atoms with Crippen molar-refractivity contribution in [2.75, 3.05) is 20.3 Å². The Labute approximate surface area is 119 Å². The van der Waals surface area contributed by atoms with Crippen LogP contribution in [-0.2, 0) is 20.8 Å². The molecule has 0 saturated carbocycles. The minimum absolute atomic E-state index is 0.0333. The van der Waals surface area contributed by atoms with Crippen molar-refractivity contribution in [3.8, 4) is 0 Å². The fourth-order valence-corrected chi connectivity index (χ4v) is 3.40. The fraction of sp³-hybridized carbons (Fsp3) is 0.562. The summed E-state index contributed by atoms with van der Waals surface area (Å²) in [6.45, 7) is 2.38. The summed E-state index contributed by atoms with van der Waals surface area (Å²) in [7, 11) is 1.48.